The molecule has 0 aliphatic carbocycles. The van der Waals surface area contributed by atoms with Gasteiger partial charge in [-0.3, -0.25) is 4.79 Å². The number of carbonyl (C=O) groups excluding carboxylic acids is 1. The van der Waals surface area contributed by atoms with Gasteiger partial charge in [0.25, 0.3) is 0 Å². The van der Waals surface area contributed by atoms with Crippen molar-refractivity contribution in [2.24, 2.45) is 0 Å². The predicted octanol–water partition coefficient (Wildman–Crippen LogP) is 0.0819. The highest BCUT2D eigenvalue weighted by Crippen LogP contribution is 2.24. The Morgan fingerprint density at radius 3 is 2.70 bits per heavy atom. The number of amides is 1. The molecule has 0 bridgehead atoms. The van der Waals surface area contributed by atoms with Gasteiger partial charge in [0, 0.05) is 12.6 Å². The van der Waals surface area contributed by atoms with E-state index in [2.05, 4.69) is 10.0 Å². The lowest BCUT2D eigenvalue weighted by Crippen LogP contribution is -2.37. The van der Waals surface area contributed by atoms with E-state index in [0.717, 1.165) is 6.42 Å². The third-order valence-corrected chi connectivity index (χ3v) is 3.91. The summed E-state index contributed by atoms with van der Waals surface area (Å²) in [6, 6.07) is 4.09. The lowest BCUT2D eigenvalue weighted by atomic mass is 10.3. The molecule has 1 aromatic rings. The molecule has 1 aromatic carbocycles. The molecule has 7 nitrogen and oxygen atoms in total. The largest absolute Gasteiger partial charge is 0.495 e. The molecule has 0 saturated carbocycles. The standard InChI is InChI=1S/C12H19N3O4S/c1-3-6-14-12(16)8-15-20(17,18)9-4-5-10(13)11(7-9)19-2/h4-5,7,15H,3,6,8,13H2,1-2H3,(H,14,16). The van der Waals surface area contributed by atoms with Gasteiger partial charge >= 0.3 is 0 Å². The topological polar surface area (TPSA) is 111 Å². The smallest absolute Gasteiger partial charge is 0.241 e. The number of nitrogen functional groups attached to an aromatic ring is 1. The molecule has 0 fully saturated rings. The third-order valence-electron chi connectivity index (χ3n) is 2.51. The quantitative estimate of drug-likeness (QED) is 0.618. The second-order valence-corrected chi connectivity index (χ2v) is 5.85. The second kappa shape index (κ2) is 7.11. The summed E-state index contributed by atoms with van der Waals surface area (Å²) < 4.78 is 31.2. The van der Waals surface area contributed by atoms with Crippen LogP contribution in [0.2, 0.25) is 0 Å². The third kappa shape index (κ3) is 4.39. The summed E-state index contributed by atoms with van der Waals surface area (Å²) in [7, 11) is -2.38. The molecule has 0 aliphatic rings. The minimum Gasteiger partial charge on any atom is -0.495 e. The fourth-order valence-electron chi connectivity index (χ4n) is 1.43. The van der Waals surface area contributed by atoms with Crippen LogP contribution < -0.4 is 20.5 Å². The van der Waals surface area contributed by atoms with Crippen molar-refractivity contribution in [3.05, 3.63) is 18.2 Å². The fraction of sp³-hybridized carbons (Fsp3) is 0.417. The van der Waals surface area contributed by atoms with E-state index in [1.807, 2.05) is 6.92 Å². The lowest BCUT2D eigenvalue weighted by molar-refractivity contribution is -0.119. The highest BCUT2D eigenvalue weighted by Gasteiger charge is 2.17. The van der Waals surface area contributed by atoms with E-state index in [-0.39, 0.29) is 23.1 Å². The molecule has 0 saturated heterocycles. The van der Waals surface area contributed by atoms with Crippen LogP contribution in [-0.2, 0) is 14.8 Å². The van der Waals surface area contributed by atoms with Crippen molar-refractivity contribution >= 4 is 21.6 Å². The van der Waals surface area contributed by atoms with Gasteiger partial charge in [-0.1, -0.05) is 6.92 Å². The van der Waals surface area contributed by atoms with E-state index in [1.165, 1.54) is 25.3 Å². The molecule has 8 heteroatoms. The Hall–Kier alpha value is -1.80. The zero-order chi connectivity index (χ0) is 15.2. The van der Waals surface area contributed by atoms with Gasteiger partial charge in [0.1, 0.15) is 5.75 Å². The van der Waals surface area contributed by atoms with Crippen molar-refractivity contribution in [1.29, 1.82) is 0 Å². The summed E-state index contributed by atoms with van der Waals surface area (Å²) in [5.41, 5.74) is 5.96. The van der Waals surface area contributed by atoms with Gasteiger partial charge in [0.05, 0.1) is 24.2 Å². The van der Waals surface area contributed by atoms with Gasteiger partial charge in [-0.05, 0) is 18.6 Å². The number of carbonyl (C=O) groups is 1. The fourth-order valence-corrected chi connectivity index (χ4v) is 2.43. The maximum absolute atomic E-state index is 12.0. The molecule has 1 amide bonds. The summed E-state index contributed by atoms with van der Waals surface area (Å²) in [5.74, 6) is -0.110. The summed E-state index contributed by atoms with van der Waals surface area (Å²) in [6.07, 6.45) is 0.785. The molecule has 0 spiro atoms. The van der Waals surface area contributed by atoms with Gasteiger partial charge in [-0.25, -0.2) is 13.1 Å². The Labute approximate surface area is 118 Å². The molecule has 0 heterocycles. The van der Waals surface area contributed by atoms with Gasteiger partial charge in [0.15, 0.2) is 0 Å². The first-order valence-electron chi connectivity index (χ1n) is 6.10. The monoisotopic (exact) mass is 301 g/mol. The minimum absolute atomic E-state index is 0.00755. The summed E-state index contributed by atoms with van der Waals surface area (Å²) in [6.45, 7) is 2.11. The first-order chi connectivity index (χ1) is 9.40. The zero-order valence-corrected chi connectivity index (χ0v) is 12.3. The van der Waals surface area contributed by atoms with E-state index in [9.17, 15) is 13.2 Å². The van der Waals surface area contributed by atoms with Crippen LogP contribution in [-0.4, -0.2) is 34.5 Å². The summed E-state index contributed by atoms with van der Waals surface area (Å²) in [5, 5.41) is 2.58. The number of nitrogens with one attached hydrogen (secondary N) is 2. The van der Waals surface area contributed by atoms with Crippen LogP contribution in [0.25, 0.3) is 0 Å². The van der Waals surface area contributed by atoms with E-state index >= 15 is 0 Å². The number of methoxy groups -OCH3 is 1. The van der Waals surface area contributed by atoms with Crippen LogP contribution in [0.15, 0.2) is 23.1 Å². The van der Waals surface area contributed by atoms with Crippen molar-refractivity contribution < 1.29 is 17.9 Å². The van der Waals surface area contributed by atoms with Crippen molar-refractivity contribution in [2.75, 3.05) is 25.9 Å². The van der Waals surface area contributed by atoms with Gasteiger partial charge in [-0.2, -0.15) is 0 Å². The Kier molecular flexibility index (Phi) is 5.78. The van der Waals surface area contributed by atoms with Crippen LogP contribution in [0.5, 0.6) is 5.75 Å². The minimum atomic E-state index is -3.78. The Balaban J connectivity index is 2.76. The molecule has 112 valence electrons. The number of hydrogen-bond donors (Lipinski definition) is 3. The second-order valence-electron chi connectivity index (χ2n) is 4.08. The van der Waals surface area contributed by atoms with E-state index in [1.54, 1.807) is 0 Å². The van der Waals surface area contributed by atoms with Crippen LogP contribution >= 0.6 is 0 Å². The van der Waals surface area contributed by atoms with Crippen molar-refractivity contribution in [3.8, 4) is 5.75 Å². The molecular formula is C12H19N3O4S. The number of anilines is 1. The van der Waals surface area contributed by atoms with Gasteiger partial charge < -0.3 is 15.8 Å². The first-order valence-corrected chi connectivity index (χ1v) is 7.59. The maximum atomic E-state index is 12.0. The molecule has 4 N–H and O–H groups in total. The molecular weight excluding hydrogens is 282 g/mol. The normalized spacial score (nSPS) is 11.1. The molecule has 0 atom stereocenters. The maximum Gasteiger partial charge on any atom is 0.241 e. The zero-order valence-electron chi connectivity index (χ0n) is 11.5. The first kappa shape index (κ1) is 16.3. The number of sulfonamides is 1. The molecule has 0 radical (unpaired) electrons. The van der Waals surface area contributed by atoms with Crippen LogP contribution in [0.4, 0.5) is 5.69 Å². The van der Waals surface area contributed by atoms with Crippen molar-refractivity contribution in [2.45, 2.75) is 18.2 Å². The predicted molar refractivity (Wildman–Crippen MR) is 75.9 cm³/mol. The van der Waals surface area contributed by atoms with Crippen LogP contribution in [0.1, 0.15) is 13.3 Å². The SMILES string of the molecule is CCCNC(=O)CNS(=O)(=O)c1ccc(N)c(OC)c1. The van der Waals surface area contributed by atoms with E-state index in [4.69, 9.17) is 10.5 Å². The number of rotatable bonds is 7. The molecule has 0 unspecified atom stereocenters. The average Bonchev–Trinajstić information content (AvgIpc) is 2.43. The van der Waals surface area contributed by atoms with Crippen LogP contribution in [0.3, 0.4) is 0 Å². The lowest BCUT2D eigenvalue weighted by Gasteiger charge is -2.09. The Morgan fingerprint density at radius 1 is 1.40 bits per heavy atom. The van der Waals surface area contributed by atoms with E-state index in [0.29, 0.717) is 12.2 Å². The number of ether oxygens (including phenoxy) is 1. The summed E-state index contributed by atoms with van der Waals surface area (Å²) >= 11 is 0. The molecule has 1 rings (SSSR count). The van der Waals surface area contributed by atoms with Crippen molar-refractivity contribution in [3.63, 3.8) is 0 Å². The van der Waals surface area contributed by atoms with E-state index < -0.39 is 10.0 Å². The van der Waals surface area contributed by atoms with Gasteiger partial charge in [0.2, 0.25) is 15.9 Å². The molecule has 0 aliphatic heterocycles. The molecule has 0 aromatic heterocycles. The highest BCUT2D eigenvalue weighted by molar-refractivity contribution is 7.89. The Morgan fingerprint density at radius 2 is 2.10 bits per heavy atom. The van der Waals surface area contributed by atoms with Crippen molar-refractivity contribution in [1.82, 2.24) is 10.0 Å². The number of nitrogens with two attached hydrogens (primary N) is 1. The number of hydrogen-bond acceptors (Lipinski definition) is 5. The average molecular weight is 301 g/mol. The van der Waals surface area contributed by atoms with Crippen LogP contribution in [0, 0.1) is 0 Å². The molecule has 20 heavy (non-hydrogen) atoms. The number of benzene rings is 1. The summed E-state index contributed by atoms with van der Waals surface area (Å²) in [4.78, 5) is 11.4. The van der Waals surface area contributed by atoms with Gasteiger partial charge in [-0.15, -0.1) is 0 Å². The Bertz CT molecular complexity index is 572. The highest BCUT2D eigenvalue weighted by atomic mass is 32.2.